The third-order valence-corrected chi connectivity index (χ3v) is 4.91. The number of nitrogens with one attached hydrogen (secondary N) is 1. The predicted octanol–water partition coefficient (Wildman–Crippen LogP) is 3.85. The molecule has 1 aliphatic carbocycles. The molecule has 3 aromatic rings. The van der Waals surface area contributed by atoms with Crippen molar-refractivity contribution in [1.29, 1.82) is 0 Å². The maximum Gasteiger partial charge on any atom is 0.251 e. The van der Waals surface area contributed by atoms with E-state index in [9.17, 15) is 9.59 Å². The minimum atomic E-state index is -0.253. The topological polar surface area (TPSA) is 64.6 Å². The van der Waals surface area contributed by atoms with Crippen molar-refractivity contribution in [3.8, 4) is 22.6 Å². The van der Waals surface area contributed by atoms with Crippen LogP contribution < -0.4 is 14.8 Å². The number of hydrogen-bond acceptors (Lipinski definition) is 4. The lowest BCUT2D eigenvalue weighted by molar-refractivity contribution is 0.0950. The van der Waals surface area contributed by atoms with Crippen LogP contribution in [-0.4, -0.2) is 25.9 Å². The van der Waals surface area contributed by atoms with Crippen LogP contribution in [0.1, 0.15) is 31.8 Å². The van der Waals surface area contributed by atoms with E-state index in [1.54, 1.807) is 32.4 Å². The predicted molar refractivity (Wildman–Crippen MR) is 106 cm³/mol. The maximum absolute atomic E-state index is 12.7. The van der Waals surface area contributed by atoms with Gasteiger partial charge in [0.2, 0.25) is 0 Å². The second kappa shape index (κ2) is 7.19. The van der Waals surface area contributed by atoms with Crippen molar-refractivity contribution in [2.24, 2.45) is 0 Å². The average Bonchev–Trinajstić information content (AvgIpc) is 3.03. The molecular weight excluding hydrogens is 354 g/mol. The summed E-state index contributed by atoms with van der Waals surface area (Å²) in [6.07, 6.45) is 0. The SMILES string of the molecule is COc1cccc(CNC(=O)c2ccc3c(c2)C(=O)c2ccccc2-3)c1OC. The Morgan fingerprint density at radius 1 is 0.857 bits per heavy atom. The van der Waals surface area contributed by atoms with E-state index in [4.69, 9.17) is 9.47 Å². The number of ether oxygens (including phenoxy) is 2. The number of ketones is 1. The first-order chi connectivity index (χ1) is 13.6. The summed E-state index contributed by atoms with van der Waals surface area (Å²) in [6.45, 7) is 0.282. The summed E-state index contributed by atoms with van der Waals surface area (Å²) >= 11 is 0. The van der Waals surface area contributed by atoms with Gasteiger partial charge in [0, 0.05) is 28.8 Å². The number of fused-ring (bicyclic) bond motifs is 3. The summed E-state index contributed by atoms with van der Waals surface area (Å²) in [5.74, 6) is 0.895. The standard InChI is InChI=1S/C23H19NO4/c1-27-20-9-5-6-15(22(20)28-2)13-24-23(26)14-10-11-17-16-7-3-4-8-18(16)21(25)19(17)12-14/h3-12H,13H2,1-2H3,(H,24,26). The van der Waals surface area contributed by atoms with Gasteiger partial charge in [-0.05, 0) is 29.3 Å². The van der Waals surface area contributed by atoms with Crippen LogP contribution in [0.2, 0.25) is 0 Å². The Morgan fingerprint density at radius 2 is 1.61 bits per heavy atom. The lowest BCUT2D eigenvalue weighted by atomic mass is 10.0. The number of carbonyl (C=O) groups is 2. The molecule has 0 bridgehead atoms. The first-order valence-corrected chi connectivity index (χ1v) is 8.90. The monoisotopic (exact) mass is 373 g/mol. The number of methoxy groups -OCH3 is 2. The van der Waals surface area contributed by atoms with E-state index in [1.807, 2.05) is 42.5 Å². The second-order valence-electron chi connectivity index (χ2n) is 6.47. The van der Waals surface area contributed by atoms with E-state index in [-0.39, 0.29) is 18.2 Å². The molecule has 0 radical (unpaired) electrons. The van der Waals surface area contributed by atoms with Crippen molar-refractivity contribution in [3.05, 3.63) is 82.9 Å². The molecule has 0 unspecified atom stereocenters. The Hall–Kier alpha value is -3.60. The van der Waals surface area contributed by atoms with Crippen molar-refractivity contribution in [1.82, 2.24) is 5.32 Å². The third kappa shape index (κ3) is 2.91. The zero-order chi connectivity index (χ0) is 19.7. The molecule has 1 amide bonds. The molecule has 0 saturated heterocycles. The first-order valence-electron chi connectivity index (χ1n) is 8.90. The number of carbonyl (C=O) groups excluding carboxylic acids is 2. The van der Waals surface area contributed by atoms with Gasteiger partial charge in [-0.3, -0.25) is 9.59 Å². The molecule has 5 nitrogen and oxygen atoms in total. The van der Waals surface area contributed by atoms with Crippen LogP contribution >= 0.6 is 0 Å². The Balaban J connectivity index is 1.56. The second-order valence-corrected chi connectivity index (χ2v) is 6.47. The molecule has 3 aromatic carbocycles. The molecule has 0 fully saturated rings. The normalized spacial score (nSPS) is 11.6. The van der Waals surface area contributed by atoms with Crippen LogP contribution in [0.5, 0.6) is 11.5 Å². The summed E-state index contributed by atoms with van der Waals surface area (Å²) in [5.41, 5.74) is 4.27. The fourth-order valence-electron chi connectivity index (χ4n) is 3.54. The van der Waals surface area contributed by atoms with E-state index < -0.39 is 0 Å². The lowest BCUT2D eigenvalue weighted by Crippen LogP contribution is -2.23. The molecule has 0 spiro atoms. The molecule has 0 heterocycles. The molecule has 0 saturated carbocycles. The van der Waals surface area contributed by atoms with Gasteiger partial charge in [0.1, 0.15) is 0 Å². The fraction of sp³-hybridized carbons (Fsp3) is 0.130. The summed E-state index contributed by atoms with van der Waals surface area (Å²) in [7, 11) is 3.13. The number of benzene rings is 3. The van der Waals surface area contributed by atoms with E-state index in [0.717, 1.165) is 16.7 Å². The van der Waals surface area contributed by atoms with Gasteiger partial charge in [0.05, 0.1) is 14.2 Å². The first kappa shape index (κ1) is 17.8. The van der Waals surface area contributed by atoms with Gasteiger partial charge < -0.3 is 14.8 Å². The van der Waals surface area contributed by atoms with Gasteiger partial charge in [-0.15, -0.1) is 0 Å². The summed E-state index contributed by atoms with van der Waals surface area (Å²) in [4.78, 5) is 25.3. The quantitative estimate of drug-likeness (QED) is 0.577. The van der Waals surface area contributed by atoms with Gasteiger partial charge in [-0.25, -0.2) is 0 Å². The molecule has 28 heavy (non-hydrogen) atoms. The Kier molecular flexibility index (Phi) is 4.57. The Bertz CT molecular complexity index is 1090. The van der Waals surface area contributed by atoms with Gasteiger partial charge in [0.25, 0.3) is 5.91 Å². The van der Waals surface area contributed by atoms with Gasteiger partial charge in [-0.1, -0.05) is 42.5 Å². The van der Waals surface area contributed by atoms with Gasteiger partial charge in [-0.2, -0.15) is 0 Å². The van der Waals surface area contributed by atoms with Crippen LogP contribution in [0.25, 0.3) is 11.1 Å². The maximum atomic E-state index is 12.7. The van der Waals surface area contributed by atoms with Crippen molar-refractivity contribution in [2.45, 2.75) is 6.54 Å². The highest BCUT2D eigenvalue weighted by molar-refractivity contribution is 6.22. The van der Waals surface area contributed by atoms with Crippen LogP contribution in [-0.2, 0) is 6.54 Å². The molecule has 1 N–H and O–H groups in total. The third-order valence-electron chi connectivity index (χ3n) is 4.91. The summed E-state index contributed by atoms with van der Waals surface area (Å²) in [5, 5.41) is 2.88. The molecule has 140 valence electrons. The lowest BCUT2D eigenvalue weighted by Gasteiger charge is -2.13. The van der Waals surface area contributed by atoms with Crippen LogP contribution in [0.15, 0.2) is 60.7 Å². The van der Waals surface area contributed by atoms with Gasteiger partial charge >= 0.3 is 0 Å². The average molecular weight is 373 g/mol. The summed E-state index contributed by atoms with van der Waals surface area (Å²) in [6, 6.07) is 18.2. The Morgan fingerprint density at radius 3 is 2.36 bits per heavy atom. The van der Waals surface area contributed by atoms with E-state index in [2.05, 4.69) is 5.32 Å². The molecule has 4 rings (SSSR count). The zero-order valence-corrected chi connectivity index (χ0v) is 15.6. The minimum Gasteiger partial charge on any atom is -0.493 e. The van der Waals surface area contributed by atoms with Crippen LogP contribution in [0, 0.1) is 0 Å². The van der Waals surface area contributed by atoms with E-state index in [1.165, 1.54) is 0 Å². The number of para-hydroxylation sites is 1. The van der Waals surface area contributed by atoms with Crippen molar-refractivity contribution in [3.63, 3.8) is 0 Å². The minimum absolute atomic E-state index is 0.0466. The zero-order valence-electron chi connectivity index (χ0n) is 15.6. The molecule has 0 atom stereocenters. The molecular formula is C23H19NO4. The molecule has 5 heteroatoms. The van der Waals surface area contributed by atoms with E-state index in [0.29, 0.717) is 28.2 Å². The van der Waals surface area contributed by atoms with Crippen LogP contribution in [0.3, 0.4) is 0 Å². The highest BCUT2D eigenvalue weighted by atomic mass is 16.5. The fourth-order valence-corrected chi connectivity index (χ4v) is 3.54. The smallest absolute Gasteiger partial charge is 0.251 e. The van der Waals surface area contributed by atoms with Crippen molar-refractivity contribution < 1.29 is 19.1 Å². The highest BCUT2D eigenvalue weighted by Crippen LogP contribution is 2.36. The van der Waals surface area contributed by atoms with Crippen LogP contribution in [0.4, 0.5) is 0 Å². The number of rotatable bonds is 5. The Labute approximate surface area is 162 Å². The number of amides is 1. The highest BCUT2D eigenvalue weighted by Gasteiger charge is 2.27. The summed E-state index contributed by atoms with van der Waals surface area (Å²) < 4.78 is 10.7. The molecule has 0 aromatic heterocycles. The molecule has 0 aliphatic heterocycles. The molecule has 1 aliphatic rings. The van der Waals surface area contributed by atoms with E-state index >= 15 is 0 Å². The van der Waals surface area contributed by atoms with Crippen molar-refractivity contribution in [2.75, 3.05) is 14.2 Å². The number of hydrogen-bond donors (Lipinski definition) is 1. The van der Waals surface area contributed by atoms with Crippen molar-refractivity contribution >= 4 is 11.7 Å². The van der Waals surface area contributed by atoms with Gasteiger partial charge in [0.15, 0.2) is 17.3 Å². The largest absolute Gasteiger partial charge is 0.493 e.